The van der Waals surface area contributed by atoms with Gasteiger partial charge in [-0.25, -0.2) is 14.0 Å². The smallest absolute Gasteiger partial charge is 0.344 e. The van der Waals surface area contributed by atoms with Gasteiger partial charge < -0.3 is 24.3 Å². The highest BCUT2D eigenvalue weighted by Gasteiger charge is 2.27. The van der Waals surface area contributed by atoms with Gasteiger partial charge in [-0.2, -0.15) is 0 Å². The number of aryl methyl sites for hydroxylation is 1. The van der Waals surface area contributed by atoms with Gasteiger partial charge in [0.25, 0.3) is 0 Å². The largest absolute Gasteiger partial charge is 0.496 e. The van der Waals surface area contributed by atoms with Gasteiger partial charge in [-0.15, -0.1) is 0 Å². The molecule has 0 atom stereocenters. The quantitative estimate of drug-likeness (QED) is 0.163. The van der Waals surface area contributed by atoms with Gasteiger partial charge in [0.2, 0.25) is 0 Å². The van der Waals surface area contributed by atoms with Gasteiger partial charge in [0.1, 0.15) is 29.7 Å². The maximum atomic E-state index is 14.1. The molecule has 0 bridgehead atoms. The van der Waals surface area contributed by atoms with Gasteiger partial charge in [0.05, 0.1) is 30.9 Å². The number of halogens is 1. The number of fused-ring (bicyclic) bond motifs is 1. The predicted octanol–water partition coefficient (Wildman–Crippen LogP) is 8.00. The van der Waals surface area contributed by atoms with E-state index < -0.39 is 11.9 Å². The molecule has 4 aromatic carbocycles. The van der Waals surface area contributed by atoms with Crippen LogP contribution in [0.25, 0.3) is 16.7 Å². The summed E-state index contributed by atoms with van der Waals surface area (Å²) >= 11 is 0. The Labute approximate surface area is 256 Å². The van der Waals surface area contributed by atoms with Crippen LogP contribution in [-0.2, 0) is 11.3 Å². The van der Waals surface area contributed by atoms with Crippen molar-refractivity contribution < 1.29 is 32.9 Å². The zero-order chi connectivity index (χ0) is 31.6. The second kappa shape index (κ2) is 12.2. The highest BCUT2D eigenvalue weighted by molar-refractivity contribution is 6.03. The number of allylic oxidation sites excluding steroid dienone is 1. The summed E-state index contributed by atoms with van der Waals surface area (Å²) in [5, 5.41) is 3.58. The molecule has 0 unspecified atom stereocenters. The zero-order valence-corrected chi connectivity index (χ0v) is 25.5. The van der Waals surface area contributed by atoms with Gasteiger partial charge in [0, 0.05) is 34.5 Å². The molecule has 0 saturated heterocycles. The lowest BCUT2D eigenvalue weighted by molar-refractivity contribution is 0.0587. The van der Waals surface area contributed by atoms with Crippen LogP contribution in [0, 0.1) is 12.7 Å². The molecule has 0 fully saturated rings. The van der Waals surface area contributed by atoms with E-state index in [9.17, 15) is 14.0 Å². The molecule has 0 aliphatic carbocycles. The lowest BCUT2D eigenvalue weighted by Gasteiger charge is -2.33. The van der Waals surface area contributed by atoms with Crippen LogP contribution >= 0.6 is 0 Å². The molecule has 44 heavy (non-hydrogen) atoms. The number of esters is 2. The van der Waals surface area contributed by atoms with Crippen molar-refractivity contribution in [1.29, 1.82) is 0 Å². The molecule has 1 heterocycles. The van der Waals surface area contributed by atoms with Crippen LogP contribution in [0.1, 0.15) is 58.2 Å². The van der Waals surface area contributed by atoms with Gasteiger partial charge in [-0.1, -0.05) is 30.3 Å². The minimum atomic E-state index is -0.705. The number of hydrogen-bond donors (Lipinski definition) is 1. The van der Waals surface area contributed by atoms with Crippen molar-refractivity contribution in [2.24, 2.45) is 0 Å². The average Bonchev–Trinajstić information content (AvgIpc) is 3.00. The fraction of sp³-hybridized carbons (Fsp3) is 0.222. The van der Waals surface area contributed by atoms with Crippen LogP contribution in [0.5, 0.6) is 17.2 Å². The van der Waals surface area contributed by atoms with Crippen LogP contribution in [0.4, 0.5) is 10.1 Å². The molecular formula is C36H34FNO6. The SMILES string of the molecule is COC(=O)c1ccccc1C(=O)Oc1ccc(-c2ccc3c(c2COc2cc(F)ccc2C)C(C)=CC(C)(C)N3)c(OC)c1. The molecule has 1 aliphatic rings. The number of hydrogen-bond acceptors (Lipinski definition) is 7. The van der Waals surface area contributed by atoms with Crippen molar-refractivity contribution in [2.75, 3.05) is 19.5 Å². The van der Waals surface area contributed by atoms with Crippen molar-refractivity contribution in [2.45, 2.75) is 39.8 Å². The lowest BCUT2D eigenvalue weighted by atomic mass is 9.85. The Morgan fingerprint density at radius 3 is 2.25 bits per heavy atom. The predicted molar refractivity (Wildman–Crippen MR) is 168 cm³/mol. The molecule has 0 radical (unpaired) electrons. The molecule has 0 aromatic heterocycles. The Balaban J connectivity index is 1.55. The molecule has 1 N–H and O–H groups in total. The third-order valence-electron chi connectivity index (χ3n) is 7.49. The molecule has 0 amide bonds. The number of ether oxygens (including phenoxy) is 4. The monoisotopic (exact) mass is 595 g/mol. The van der Waals surface area contributed by atoms with Crippen LogP contribution in [0.15, 0.2) is 78.9 Å². The average molecular weight is 596 g/mol. The first-order valence-corrected chi connectivity index (χ1v) is 14.1. The van der Waals surface area contributed by atoms with Crippen LogP contribution in [0.2, 0.25) is 0 Å². The molecule has 5 rings (SSSR count). The molecule has 0 spiro atoms. The second-order valence-electron chi connectivity index (χ2n) is 11.2. The van der Waals surface area contributed by atoms with Gasteiger partial charge >= 0.3 is 11.9 Å². The third-order valence-corrected chi connectivity index (χ3v) is 7.49. The Bertz CT molecular complexity index is 1790. The van der Waals surface area contributed by atoms with E-state index in [0.29, 0.717) is 11.5 Å². The summed E-state index contributed by atoms with van der Waals surface area (Å²) in [5.74, 6) is -0.555. The van der Waals surface area contributed by atoms with E-state index in [2.05, 4.69) is 32.2 Å². The fourth-order valence-electron chi connectivity index (χ4n) is 5.55. The Morgan fingerprint density at radius 1 is 0.841 bits per heavy atom. The number of methoxy groups -OCH3 is 2. The summed E-state index contributed by atoms with van der Waals surface area (Å²) in [6.07, 6.45) is 2.17. The van der Waals surface area contributed by atoms with Crippen molar-refractivity contribution in [3.05, 3.63) is 113 Å². The summed E-state index contributed by atoms with van der Waals surface area (Å²) in [4.78, 5) is 25.2. The third kappa shape index (κ3) is 6.15. The molecular weight excluding hydrogens is 561 g/mol. The maximum Gasteiger partial charge on any atom is 0.344 e. The van der Waals surface area contributed by atoms with Crippen LogP contribution < -0.4 is 19.5 Å². The zero-order valence-electron chi connectivity index (χ0n) is 25.5. The Hall–Kier alpha value is -5.11. The number of anilines is 1. The van der Waals surface area contributed by atoms with Gasteiger partial charge in [-0.3, -0.25) is 0 Å². The highest BCUT2D eigenvalue weighted by atomic mass is 19.1. The highest BCUT2D eigenvalue weighted by Crippen LogP contribution is 2.43. The second-order valence-corrected chi connectivity index (χ2v) is 11.2. The summed E-state index contributed by atoms with van der Waals surface area (Å²) in [7, 11) is 2.79. The summed E-state index contributed by atoms with van der Waals surface area (Å²) < 4.78 is 36.5. The van der Waals surface area contributed by atoms with Crippen LogP contribution in [0.3, 0.4) is 0 Å². The first-order chi connectivity index (χ1) is 21.0. The Morgan fingerprint density at radius 2 is 1.55 bits per heavy atom. The number of benzene rings is 4. The van der Waals surface area contributed by atoms with Crippen molar-refractivity contribution >= 4 is 23.2 Å². The van der Waals surface area contributed by atoms with Crippen LogP contribution in [-0.4, -0.2) is 31.7 Å². The summed E-state index contributed by atoms with van der Waals surface area (Å²) in [5.41, 5.74) is 6.28. The normalized spacial score (nSPS) is 13.2. The summed E-state index contributed by atoms with van der Waals surface area (Å²) in [6.45, 7) is 8.31. The van der Waals surface area contributed by atoms with E-state index in [1.165, 1.54) is 38.5 Å². The minimum Gasteiger partial charge on any atom is -0.496 e. The number of carbonyl (C=O) groups excluding carboxylic acids is 2. The number of carbonyl (C=O) groups is 2. The van der Waals surface area contributed by atoms with E-state index in [0.717, 1.165) is 39.1 Å². The molecule has 4 aromatic rings. The van der Waals surface area contributed by atoms with E-state index in [1.54, 1.807) is 30.3 Å². The minimum absolute atomic E-state index is 0.0850. The van der Waals surface area contributed by atoms with Gasteiger partial charge in [0.15, 0.2) is 0 Å². The lowest BCUT2D eigenvalue weighted by Crippen LogP contribution is -2.32. The topological polar surface area (TPSA) is 83.1 Å². The number of rotatable bonds is 8. The maximum absolute atomic E-state index is 14.1. The van der Waals surface area contributed by atoms with E-state index in [-0.39, 0.29) is 34.8 Å². The number of nitrogens with one attached hydrogen (secondary N) is 1. The van der Waals surface area contributed by atoms with Crippen molar-refractivity contribution in [3.63, 3.8) is 0 Å². The summed E-state index contributed by atoms with van der Waals surface area (Å²) in [6, 6.07) is 19.9. The molecule has 7 nitrogen and oxygen atoms in total. The first-order valence-electron chi connectivity index (χ1n) is 14.1. The van der Waals surface area contributed by atoms with E-state index >= 15 is 0 Å². The molecule has 8 heteroatoms. The standard InChI is InChI=1S/C36H34FNO6/c1-21-11-12-23(37)17-31(21)43-20-29-25(15-16-30-33(29)22(2)19-36(3,4)38-30)26-14-13-24(18-32(26)41-5)44-35(40)28-10-8-7-9-27(28)34(39)42-6/h7-19,38H,20H2,1-6H3. The van der Waals surface area contributed by atoms with Crippen molar-refractivity contribution in [3.8, 4) is 28.4 Å². The van der Waals surface area contributed by atoms with Gasteiger partial charge in [-0.05, 0) is 80.8 Å². The van der Waals surface area contributed by atoms with Crippen molar-refractivity contribution in [1.82, 2.24) is 0 Å². The Kier molecular flexibility index (Phi) is 8.45. The molecule has 0 saturated carbocycles. The molecule has 226 valence electrons. The van der Waals surface area contributed by atoms with E-state index in [1.807, 2.05) is 25.1 Å². The fourth-order valence-corrected chi connectivity index (χ4v) is 5.55. The molecule has 1 aliphatic heterocycles. The first kappa shape index (κ1) is 30.4. The van der Waals surface area contributed by atoms with E-state index in [4.69, 9.17) is 18.9 Å².